The molecule has 0 N–H and O–H groups in total. The number of amides is 1. The number of halogens is 1. The van der Waals surface area contributed by atoms with Crippen LogP contribution in [0.5, 0.6) is 0 Å². The molecule has 0 aliphatic carbocycles. The minimum Gasteiger partial charge on any atom is -0.336 e. The fourth-order valence-corrected chi connectivity index (χ4v) is 1.44. The molecule has 0 aromatic carbocycles. The van der Waals surface area contributed by atoms with Crippen LogP contribution in [0.2, 0.25) is 0 Å². The van der Waals surface area contributed by atoms with Crippen LogP contribution in [0.3, 0.4) is 0 Å². The minimum absolute atomic E-state index is 0.119. The standard InChI is InChI=1S/C4H8INOS/c1-3-6(2)4(7)8-5/h3H2,1-2H3. The topological polar surface area (TPSA) is 20.3 Å². The molecule has 48 valence electrons. The number of carbonyl (C=O) groups excluding carboxylic acids is 1. The van der Waals surface area contributed by atoms with E-state index >= 15 is 0 Å². The van der Waals surface area contributed by atoms with Crippen LogP contribution in [0.15, 0.2) is 0 Å². The zero-order valence-electron chi connectivity index (χ0n) is 4.85. The maximum Gasteiger partial charge on any atom is 0.291 e. The second-order valence-corrected chi connectivity index (χ2v) is 3.18. The monoisotopic (exact) mass is 245 g/mol. The maximum absolute atomic E-state index is 10.6. The Morgan fingerprint density at radius 1 is 1.88 bits per heavy atom. The molecule has 0 aliphatic heterocycles. The van der Waals surface area contributed by atoms with Crippen molar-refractivity contribution in [3.8, 4) is 0 Å². The SMILES string of the molecule is CCN(C)C(=O)SI. The fourth-order valence-electron chi connectivity index (χ4n) is 0.188. The Hall–Kier alpha value is 0.550. The Morgan fingerprint density at radius 3 is 2.50 bits per heavy atom. The molecule has 0 aromatic heterocycles. The molecular formula is C4H8INOS. The summed E-state index contributed by atoms with van der Waals surface area (Å²) in [7, 11) is 3.00. The Balaban J connectivity index is 3.46. The van der Waals surface area contributed by atoms with E-state index in [-0.39, 0.29) is 5.24 Å². The van der Waals surface area contributed by atoms with Crippen molar-refractivity contribution in [3.05, 3.63) is 0 Å². The minimum atomic E-state index is 0.119. The van der Waals surface area contributed by atoms with E-state index in [9.17, 15) is 4.79 Å². The molecule has 2 nitrogen and oxygen atoms in total. The van der Waals surface area contributed by atoms with Gasteiger partial charge in [0.25, 0.3) is 5.24 Å². The fraction of sp³-hybridized carbons (Fsp3) is 0.750. The third kappa shape index (κ3) is 2.76. The second kappa shape index (κ2) is 4.43. The van der Waals surface area contributed by atoms with E-state index in [0.717, 1.165) is 6.54 Å². The molecular weight excluding hydrogens is 237 g/mol. The third-order valence-corrected chi connectivity index (χ3v) is 2.43. The lowest BCUT2D eigenvalue weighted by Crippen LogP contribution is -2.20. The van der Waals surface area contributed by atoms with Gasteiger partial charge in [0.05, 0.1) is 0 Å². The molecule has 4 heteroatoms. The summed E-state index contributed by atoms with van der Waals surface area (Å²) in [5.41, 5.74) is 0. The average Bonchev–Trinajstić information content (AvgIpc) is 1.84. The van der Waals surface area contributed by atoms with Gasteiger partial charge in [-0.2, -0.15) is 0 Å². The molecule has 0 spiro atoms. The summed E-state index contributed by atoms with van der Waals surface area (Å²) < 4.78 is 0. The highest BCUT2D eigenvalue weighted by Gasteiger charge is 2.02. The van der Waals surface area contributed by atoms with E-state index in [1.807, 2.05) is 28.1 Å². The Labute approximate surface area is 65.6 Å². The van der Waals surface area contributed by atoms with Crippen LogP contribution in [0.1, 0.15) is 6.92 Å². The Morgan fingerprint density at radius 2 is 2.38 bits per heavy atom. The van der Waals surface area contributed by atoms with Gasteiger partial charge in [-0.3, -0.25) is 4.79 Å². The molecule has 8 heavy (non-hydrogen) atoms. The molecule has 0 saturated carbocycles. The molecule has 0 rings (SSSR count). The zero-order valence-corrected chi connectivity index (χ0v) is 7.82. The van der Waals surface area contributed by atoms with Crippen LogP contribution in [0, 0.1) is 0 Å². The van der Waals surface area contributed by atoms with Gasteiger partial charge < -0.3 is 4.90 Å². The van der Waals surface area contributed by atoms with Crippen LogP contribution in [0.25, 0.3) is 0 Å². The first-order chi connectivity index (χ1) is 3.72. The number of hydrogen-bond acceptors (Lipinski definition) is 2. The zero-order chi connectivity index (χ0) is 6.57. The molecule has 0 fully saturated rings. The van der Waals surface area contributed by atoms with Crippen LogP contribution in [-0.2, 0) is 0 Å². The first kappa shape index (κ1) is 8.55. The smallest absolute Gasteiger partial charge is 0.291 e. The molecule has 0 unspecified atom stereocenters. The van der Waals surface area contributed by atoms with Crippen molar-refractivity contribution in [1.82, 2.24) is 4.90 Å². The first-order valence-corrected chi connectivity index (χ1v) is 5.62. The van der Waals surface area contributed by atoms with Gasteiger partial charge in [0.15, 0.2) is 0 Å². The van der Waals surface area contributed by atoms with Crippen molar-refractivity contribution in [1.29, 1.82) is 0 Å². The summed E-state index contributed by atoms with van der Waals surface area (Å²) in [6, 6.07) is 0. The van der Waals surface area contributed by atoms with Crippen molar-refractivity contribution in [2.45, 2.75) is 6.92 Å². The maximum atomic E-state index is 10.6. The van der Waals surface area contributed by atoms with Crippen LogP contribution < -0.4 is 0 Å². The number of nitrogens with zero attached hydrogens (tertiary/aromatic N) is 1. The lowest BCUT2D eigenvalue weighted by Gasteiger charge is -2.09. The molecule has 1 amide bonds. The van der Waals surface area contributed by atoms with Crippen molar-refractivity contribution in [3.63, 3.8) is 0 Å². The number of carbonyl (C=O) groups is 1. The van der Waals surface area contributed by atoms with E-state index < -0.39 is 0 Å². The van der Waals surface area contributed by atoms with Gasteiger partial charge in [-0.1, -0.05) is 0 Å². The predicted octanol–water partition coefficient (Wildman–Crippen LogP) is 2.14. The largest absolute Gasteiger partial charge is 0.336 e. The highest BCUT2D eigenvalue weighted by atomic mass is 127. The normalized spacial score (nSPS) is 8.88. The molecule has 0 atom stereocenters. The number of hydrogen-bond donors (Lipinski definition) is 0. The Kier molecular flexibility index (Phi) is 4.74. The molecule has 0 heterocycles. The molecule has 0 radical (unpaired) electrons. The van der Waals surface area contributed by atoms with Crippen LogP contribution >= 0.6 is 30.1 Å². The number of rotatable bonds is 1. The van der Waals surface area contributed by atoms with Gasteiger partial charge >= 0.3 is 0 Å². The Bertz CT molecular complexity index is 88.1. The lowest BCUT2D eigenvalue weighted by molar-refractivity contribution is 0.236. The van der Waals surface area contributed by atoms with Gasteiger partial charge in [0.2, 0.25) is 0 Å². The molecule has 0 aromatic rings. The summed E-state index contributed by atoms with van der Waals surface area (Å²) >= 11 is 1.98. The summed E-state index contributed by atoms with van der Waals surface area (Å²) in [5, 5.41) is 0.119. The molecule has 0 bridgehead atoms. The van der Waals surface area contributed by atoms with E-state index in [4.69, 9.17) is 0 Å². The summed E-state index contributed by atoms with van der Waals surface area (Å²) in [5.74, 6) is 0. The highest BCUT2D eigenvalue weighted by molar-refractivity contribution is 14.2. The lowest BCUT2D eigenvalue weighted by atomic mass is 10.7. The van der Waals surface area contributed by atoms with E-state index in [1.165, 1.54) is 8.93 Å². The van der Waals surface area contributed by atoms with Crippen LogP contribution in [0.4, 0.5) is 4.79 Å². The van der Waals surface area contributed by atoms with E-state index in [1.54, 1.807) is 11.9 Å². The van der Waals surface area contributed by atoms with Gasteiger partial charge in [-0.05, 0) is 6.92 Å². The van der Waals surface area contributed by atoms with Crippen molar-refractivity contribution in [2.75, 3.05) is 13.6 Å². The molecule has 0 aliphatic rings. The summed E-state index contributed by atoms with van der Waals surface area (Å²) in [6.45, 7) is 2.74. The highest BCUT2D eigenvalue weighted by Crippen LogP contribution is 2.14. The summed E-state index contributed by atoms with van der Waals surface area (Å²) in [4.78, 5) is 12.3. The first-order valence-electron chi connectivity index (χ1n) is 2.26. The van der Waals surface area contributed by atoms with Gasteiger partial charge in [0.1, 0.15) is 0 Å². The van der Waals surface area contributed by atoms with Crippen LogP contribution in [-0.4, -0.2) is 23.7 Å². The quantitative estimate of drug-likeness (QED) is 0.659. The predicted molar refractivity (Wildman–Crippen MR) is 45.3 cm³/mol. The molecule has 0 saturated heterocycles. The third-order valence-electron chi connectivity index (χ3n) is 0.852. The van der Waals surface area contributed by atoms with Crippen molar-refractivity contribution in [2.24, 2.45) is 0 Å². The van der Waals surface area contributed by atoms with Gasteiger partial charge in [-0.15, -0.1) is 0 Å². The average molecular weight is 245 g/mol. The summed E-state index contributed by atoms with van der Waals surface area (Å²) in [6.07, 6.45) is 0. The van der Waals surface area contributed by atoms with Crippen molar-refractivity contribution >= 4 is 35.4 Å². The van der Waals surface area contributed by atoms with E-state index in [0.29, 0.717) is 0 Å². The van der Waals surface area contributed by atoms with Crippen molar-refractivity contribution < 1.29 is 4.79 Å². The van der Waals surface area contributed by atoms with E-state index in [2.05, 4.69) is 0 Å². The van der Waals surface area contributed by atoms with Gasteiger partial charge in [-0.25, -0.2) is 0 Å². The van der Waals surface area contributed by atoms with Gasteiger partial charge in [0, 0.05) is 43.7 Å². The second-order valence-electron chi connectivity index (χ2n) is 1.36.